The van der Waals surface area contributed by atoms with Crippen molar-refractivity contribution >= 4 is 11.9 Å². The molecule has 0 unspecified atom stereocenters. The number of urea groups is 1. The predicted octanol–water partition coefficient (Wildman–Crippen LogP) is 1.75. The highest BCUT2D eigenvalue weighted by Gasteiger charge is 2.35. The second-order valence-corrected chi connectivity index (χ2v) is 5.66. The molecule has 1 aromatic rings. The Morgan fingerprint density at radius 2 is 1.79 bits per heavy atom. The van der Waals surface area contributed by atoms with Crippen molar-refractivity contribution in [3.8, 4) is 0 Å². The lowest BCUT2D eigenvalue weighted by Gasteiger charge is -2.41. The summed E-state index contributed by atoms with van der Waals surface area (Å²) in [6, 6.07) is 9.40. The molecule has 0 bridgehead atoms. The molecule has 5 nitrogen and oxygen atoms in total. The number of amides is 3. The van der Waals surface area contributed by atoms with E-state index in [2.05, 4.69) is 5.43 Å². The first-order valence-electron chi connectivity index (χ1n) is 6.30. The number of rotatable bonds is 2. The second-order valence-electron chi connectivity index (χ2n) is 5.66. The average Bonchev–Trinajstić information content (AvgIpc) is 2.33. The lowest BCUT2D eigenvalue weighted by atomic mass is 10.1. The molecular formula is C14H19N3O2. The molecule has 1 heterocycles. The van der Waals surface area contributed by atoms with Crippen molar-refractivity contribution in [2.75, 3.05) is 6.54 Å². The van der Waals surface area contributed by atoms with Crippen LogP contribution in [0.15, 0.2) is 30.3 Å². The highest BCUT2D eigenvalue weighted by atomic mass is 16.2. The molecule has 1 aliphatic rings. The summed E-state index contributed by atoms with van der Waals surface area (Å²) in [5.74, 6) is -0.0944. The van der Waals surface area contributed by atoms with Crippen LogP contribution in [0.5, 0.6) is 0 Å². The van der Waals surface area contributed by atoms with Gasteiger partial charge in [-0.1, -0.05) is 30.3 Å². The van der Waals surface area contributed by atoms with E-state index in [-0.39, 0.29) is 18.5 Å². The molecule has 1 saturated heterocycles. The van der Waals surface area contributed by atoms with E-state index >= 15 is 0 Å². The molecule has 102 valence electrons. The van der Waals surface area contributed by atoms with Crippen molar-refractivity contribution in [3.63, 3.8) is 0 Å². The first-order valence-corrected chi connectivity index (χ1v) is 6.30. The van der Waals surface area contributed by atoms with Crippen LogP contribution in [0.4, 0.5) is 4.79 Å². The Hall–Kier alpha value is -2.04. The third kappa shape index (κ3) is 3.05. The van der Waals surface area contributed by atoms with Crippen LogP contribution in [0.2, 0.25) is 0 Å². The van der Waals surface area contributed by atoms with Gasteiger partial charge in [0.15, 0.2) is 0 Å². The van der Waals surface area contributed by atoms with Gasteiger partial charge in [0.05, 0.1) is 5.54 Å². The normalized spacial score (nSPS) is 16.6. The Morgan fingerprint density at radius 3 is 2.37 bits per heavy atom. The van der Waals surface area contributed by atoms with Gasteiger partial charge in [-0.05, 0) is 26.3 Å². The summed E-state index contributed by atoms with van der Waals surface area (Å²) in [6.45, 7) is 6.21. The van der Waals surface area contributed by atoms with Crippen molar-refractivity contribution in [2.24, 2.45) is 0 Å². The summed E-state index contributed by atoms with van der Waals surface area (Å²) in [5, 5.41) is 1.40. The molecule has 1 aliphatic heterocycles. The number of carbonyl (C=O) groups is 2. The molecule has 0 spiro atoms. The predicted molar refractivity (Wildman–Crippen MR) is 72.0 cm³/mol. The molecule has 1 fully saturated rings. The summed E-state index contributed by atoms with van der Waals surface area (Å²) in [7, 11) is 0. The number of hydrogen-bond donors (Lipinski definition) is 1. The molecule has 2 rings (SSSR count). The van der Waals surface area contributed by atoms with Gasteiger partial charge in [0.25, 0.3) is 5.91 Å². The van der Waals surface area contributed by atoms with Crippen molar-refractivity contribution in [3.05, 3.63) is 35.9 Å². The maximum Gasteiger partial charge on any atom is 0.337 e. The van der Waals surface area contributed by atoms with Gasteiger partial charge in [0, 0.05) is 6.54 Å². The number of carbonyl (C=O) groups excluding carboxylic acids is 2. The molecule has 19 heavy (non-hydrogen) atoms. The summed E-state index contributed by atoms with van der Waals surface area (Å²) in [5.41, 5.74) is 3.25. The van der Waals surface area contributed by atoms with Gasteiger partial charge >= 0.3 is 6.03 Å². The van der Waals surface area contributed by atoms with E-state index < -0.39 is 5.54 Å². The summed E-state index contributed by atoms with van der Waals surface area (Å²) in [6.07, 6.45) is 0. The minimum atomic E-state index is -0.411. The Morgan fingerprint density at radius 1 is 1.16 bits per heavy atom. The summed E-state index contributed by atoms with van der Waals surface area (Å²) in [4.78, 5) is 25.6. The molecule has 1 N–H and O–H groups in total. The fraction of sp³-hybridized carbons (Fsp3) is 0.429. The fourth-order valence-electron chi connectivity index (χ4n) is 2.01. The first-order chi connectivity index (χ1) is 8.88. The van der Waals surface area contributed by atoms with Crippen LogP contribution in [0.3, 0.4) is 0 Å². The minimum Gasteiger partial charge on any atom is -0.310 e. The zero-order valence-corrected chi connectivity index (χ0v) is 11.5. The van der Waals surface area contributed by atoms with Gasteiger partial charge in [-0.3, -0.25) is 4.79 Å². The number of hydrazine groups is 1. The number of nitrogens with one attached hydrogen (secondary N) is 1. The van der Waals surface area contributed by atoms with Gasteiger partial charge in [-0.2, -0.15) is 0 Å². The van der Waals surface area contributed by atoms with Crippen LogP contribution in [0.1, 0.15) is 26.3 Å². The molecule has 5 heteroatoms. The van der Waals surface area contributed by atoms with E-state index in [1.165, 1.54) is 9.91 Å². The Balaban J connectivity index is 2.07. The van der Waals surface area contributed by atoms with Crippen LogP contribution in [0, 0.1) is 0 Å². The van der Waals surface area contributed by atoms with Gasteiger partial charge in [0.2, 0.25) is 0 Å². The highest BCUT2D eigenvalue weighted by molar-refractivity contribution is 5.89. The lowest BCUT2D eigenvalue weighted by molar-refractivity contribution is -0.143. The van der Waals surface area contributed by atoms with E-state index in [4.69, 9.17) is 0 Å². The van der Waals surface area contributed by atoms with Crippen LogP contribution in [-0.4, -0.2) is 33.9 Å². The Labute approximate surface area is 113 Å². The molecule has 0 saturated carbocycles. The van der Waals surface area contributed by atoms with Crippen LogP contribution in [-0.2, 0) is 11.3 Å². The van der Waals surface area contributed by atoms with E-state index in [1.54, 1.807) is 0 Å². The second kappa shape index (κ2) is 4.91. The van der Waals surface area contributed by atoms with Crippen molar-refractivity contribution in [2.45, 2.75) is 32.9 Å². The summed E-state index contributed by atoms with van der Waals surface area (Å²) >= 11 is 0. The smallest absolute Gasteiger partial charge is 0.310 e. The SMILES string of the molecule is CC(C)(C)N1NC(=O)N(Cc2ccccc2)CC1=O. The lowest BCUT2D eigenvalue weighted by Crippen LogP contribution is -2.65. The third-order valence-corrected chi connectivity index (χ3v) is 2.96. The van der Waals surface area contributed by atoms with E-state index in [0.29, 0.717) is 6.54 Å². The zero-order chi connectivity index (χ0) is 14.0. The molecule has 0 atom stereocenters. The van der Waals surface area contributed by atoms with Gasteiger partial charge in [-0.25, -0.2) is 15.2 Å². The maximum absolute atomic E-state index is 12.1. The first kappa shape index (κ1) is 13.4. The number of benzene rings is 1. The maximum atomic E-state index is 12.1. The summed E-state index contributed by atoms with van der Waals surface area (Å²) < 4.78 is 0. The van der Waals surface area contributed by atoms with Crippen LogP contribution < -0.4 is 5.43 Å². The molecule has 0 aromatic heterocycles. The number of hydrogen-bond acceptors (Lipinski definition) is 2. The largest absolute Gasteiger partial charge is 0.337 e. The topological polar surface area (TPSA) is 52.7 Å². The molecule has 3 amide bonds. The Bertz CT molecular complexity index is 479. The van der Waals surface area contributed by atoms with Gasteiger partial charge < -0.3 is 4.90 Å². The van der Waals surface area contributed by atoms with Gasteiger partial charge in [-0.15, -0.1) is 0 Å². The van der Waals surface area contributed by atoms with E-state index in [1.807, 2.05) is 51.1 Å². The van der Waals surface area contributed by atoms with E-state index in [0.717, 1.165) is 5.56 Å². The van der Waals surface area contributed by atoms with Crippen LogP contribution in [0.25, 0.3) is 0 Å². The zero-order valence-electron chi connectivity index (χ0n) is 11.5. The fourth-order valence-corrected chi connectivity index (χ4v) is 2.01. The highest BCUT2D eigenvalue weighted by Crippen LogP contribution is 2.16. The Kier molecular flexibility index (Phi) is 3.46. The third-order valence-electron chi connectivity index (χ3n) is 2.96. The molecular weight excluding hydrogens is 242 g/mol. The monoisotopic (exact) mass is 261 g/mol. The van der Waals surface area contributed by atoms with Gasteiger partial charge in [0.1, 0.15) is 6.54 Å². The van der Waals surface area contributed by atoms with Crippen molar-refractivity contribution in [1.29, 1.82) is 0 Å². The van der Waals surface area contributed by atoms with E-state index in [9.17, 15) is 9.59 Å². The quantitative estimate of drug-likeness (QED) is 0.882. The molecule has 0 radical (unpaired) electrons. The number of nitrogens with zero attached hydrogens (tertiary/aromatic N) is 2. The molecule has 0 aliphatic carbocycles. The van der Waals surface area contributed by atoms with Crippen molar-refractivity contribution < 1.29 is 9.59 Å². The standard InChI is InChI=1S/C14H19N3O2/c1-14(2,3)17-12(18)10-16(13(19)15-17)9-11-7-5-4-6-8-11/h4-8H,9-10H2,1-3H3,(H,15,19). The average molecular weight is 261 g/mol. The van der Waals surface area contributed by atoms with Crippen molar-refractivity contribution in [1.82, 2.24) is 15.3 Å². The molecule has 1 aromatic carbocycles. The minimum absolute atomic E-state index is 0.0944. The van der Waals surface area contributed by atoms with Crippen LogP contribution >= 0.6 is 0 Å².